The fraction of sp³-hybridized carbons (Fsp3) is 0.188. The number of hydrogen-bond donors (Lipinski definition) is 1. The number of aromatic nitrogens is 2. The Balaban J connectivity index is 1.80. The van der Waals surface area contributed by atoms with Gasteiger partial charge in [0.25, 0.3) is 5.56 Å². The van der Waals surface area contributed by atoms with E-state index in [9.17, 15) is 9.59 Å². The second-order valence-electron chi connectivity index (χ2n) is 4.95. The highest BCUT2D eigenvalue weighted by Crippen LogP contribution is 2.11. The van der Waals surface area contributed by atoms with E-state index >= 15 is 0 Å². The van der Waals surface area contributed by atoms with Gasteiger partial charge in [0.05, 0.1) is 23.9 Å². The van der Waals surface area contributed by atoms with Gasteiger partial charge in [-0.15, -0.1) is 0 Å². The number of hydrogen-bond acceptors (Lipinski definition) is 4. The van der Waals surface area contributed by atoms with Crippen LogP contribution >= 0.6 is 0 Å². The smallest absolute Gasteiger partial charge is 0.275 e. The van der Waals surface area contributed by atoms with Crippen molar-refractivity contribution in [3.05, 3.63) is 64.5 Å². The number of fused-ring (bicyclic) bond motifs is 1. The van der Waals surface area contributed by atoms with Crippen LogP contribution in [-0.2, 0) is 17.9 Å². The molecule has 1 aromatic carbocycles. The minimum Gasteiger partial charge on any atom is -0.467 e. The Bertz CT molecular complexity index is 866. The molecule has 0 saturated heterocycles. The van der Waals surface area contributed by atoms with Crippen LogP contribution in [0, 0.1) is 6.92 Å². The van der Waals surface area contributed by atoms with Gasteiger partial charge in [0.2, 0.25) is 5.91 Å². The summed E-state index contributed by atoms with van der Waals surface area (Å²) in [4.78, 5) is 24.3. The van der Waals surface area contributed by atoms with Crippen molar-refractivity contribution in [2.45, 2.75) is 20.0 Å². The Morgan fingerprint density at radius 1 is 1.23 bits per heavy atom. The molecule has 0 fully saturated rings. The molecule has 0 radical (unpaired) electrons. The molecule has 0 saturated carbocycles. The van der Waals surface area contributed by atoms with Crippen molar-refractivity contribution in [2.24, 2.45) is 0 Å². The van der Waals surface area contributed by atoms with Crippen LogP contribution in [0.3, 0.4) is 0 Å². The third-order valence-corrected chi connectivity index (χ3v) is 3.39. The van der Waals surface area contributed by atoms with E-state index in [1.165, 1.54) is 4.68 Å². The zero-order chi connectivity index (χ0) is 15.5. The molecule has 3 rings (SSSR count). The standard InChI is InChI=1S/C16H15N3O3/c1-11-13-6-2-3-7-14(13)16(21)19(18-11)10-15(20)17-9-12-5-4-8-22-12/h2-8H,9-10H2,1H3,(H,17,20). The van der Waals surface area contributed by atoms with Gasteiger partial charge in [0.15, 0.2) is 0 Å². The van der Waals surface area contributed by atoms with Crippen LogP contribution in [0.1, 0.15) is 11.5 Å². The molecule has 3 aromatic rings. The summed E-state index contributed by atoms with van der Waals surface area (Å²) >= 11 is 0. The maximum Gasteiger partial charge on any atom is 0.275 e. The average molecular weight is 297 g/mol. The van der Waals surface area contributed by atoms with Gasteiger partial charge in [-0.2, -0.15) is 5.10 Å². The molecule has 0 spiro atoms. The van der Waals surface area contributed by atoms with Crippen molar-refractivity contribution in [3.8, 4) is 0 Å². The summed E-state index contributed by atoms with van der Waals surface area (Å²) in [7, 11) is 0. The fourth-order valence-corrected chi connectivity index (χ4v) is 2.30. The van der Waals surface area contributed by atoms with Gasteiger partial charge in [-0.3, -0.25) is 9.59 Å². The Morgan fingerprint density at radius 3 is 2.73 bits per heavy atom. The number of nitrogens with one attached hydrogen (secondary N) is 1. The number of amides is 1. The quantitative estimate of drug-likeness (QED) is 0.793. The minimum atomic E-state index is -0.291. The third-order valence-electron chi connectivity index (χ3n) is 3.39. The van der Waals surface area contributed by atoms with Crippen molar-refractivity contribution >= 4 is 16.7 Å². The first-order valence-electron chi connectivity index (χ1n) is 6.90. The molecule has 0 bridgehead atoms. The molecule has 22 heavy (non-hydrogen) atoms. The first-order valence-corrected chi connectivity index (χ1v) is 6.90. The van der Waals surface area contributed by atoms with E-state index in [0.717, 1.165) is 5.39 Å². The summed E-state index contributed by atoms with van der Waals surface area (Å²) in [5.74, 6) is 0.365. The molecule has 2 aromatic heterocycles. The summed E-state index contributed by atoms with van der Waals surface area (Å²) in [5, 5.41) is 8.27. The molecule has 0 unspecified atom stereocenters. The number of furan rings is 1. The second kappa shape index (κ2) is 5.85. The summed E-state index contributed by atoms with van der Waals surface area (Å²) in [5.41, 5.74) is 0.448. The van der Waals surface area contributed by atoms with Gasteiger partial charge in [-0.25, -0.2) is 4.68 Å². The van der Waals surface area contributed by atoms with Crippen molar-refractivity contribution in [1.82, 2.24) is 15.1 Å². The molecular formula is C16H15N3O3. The lowest BCUT2D eigenvalue weighted by Crippen LogP contribution is -2.33. The monoisotopic (exact) mass is 297 g/mol. The van der Waals surface area contributed by atoms with Crippen molar-refractivity contribution in [3.63, 3.8) is 0 Å². The second-order valence-corrected chi connectivity index (χ2v) is 4.95. The van der Waals surface area contributed by atoms with Crippen LogP contribution < -0.4 is 10.9 Å². The number of aryl methyl sites for hydroxylation is 1. The van der Waals surface area contributed by atoms with E-state index in [4.69, 9.17) is 4.42 Å². The van der Waals surface area contributed by atoms with E-state index in [2.05, 4.69) is 10.4 Å². The van der Waals surface area contributed by atoms with Crippen LogP contribution in [0.4, 0.5) is 0 Å². The Labute approximate surface area is 126 Å². The molecule has 1 N–H and O–H groups in total. The van der Waals surface area contributed by atoms with E-state index in [1.807, 2.05) is 19.1 Å². The maximum atomic E-state index is 12.4. The number of benzene rings is 1. The lowest BCUT2D eigenvalue weighted by molar-refractivity contribution is -0.122. The first-order chi connectivity index (χ1) is 10.6. The lowest BCUT2D eigenvalue weighted by atomic mass is 10.1. The predicted octanol–water partition coefficient (Wildman–Crippen LogP) is 1.61. The van der Waals surface area contributed by atoms with E-state index in [-0.39, 0.29) is 24.6 Å². The number of rotatable bonds is 4. The van der Waals surface area contributed by atoms with Gasteiger partial charge in [0, 0.05) is 5.39 Å². The number of nitrogens with zero attached hydrogens (tertiary/aromatic N) is 2. The average Bonchev–Trinajstić information content (AvgIpc) is 3.04. The Morgan fingerprint density at radius 2 is 2.00 bits per heavy atom. The normalized spacial score (nSPS) is 10.8. The molecule has 6 nitrogen and oxygen atoms in total. The highest BCUT2D eigenvalue weighted by molar-refractivity contribution is 5.83. The topological polar surface area (TPSA) is 77.1 Å². The molecule has 112 valence electrons. The third kappa shape index (κ3) is 2.76. The molecule has 0 atom stereocenters. The fourth-order valence-electron chi connectivity index (χ4n) is 2.30. The van der Waals surface area contributed by atoms with Gasteiger partial charge in [-0.1, -0.05) is 18.2 Å². The highest BCUT2D eigenvalue weighted by atomic mass is 16.3. The maximum absolute atomic E-state index is 12.4. The Hall–Kier alpha value is -2.89. The first kappa shape index (κ1) is 14.1. The van der Waals surface area contributed by atoms with Crippen LogP contribution in [0.15, 0.2) is 51.9 Å². The van der Waals surface area contributed by atoms with Crippen LogP contribution in [-0.4, -0.2) is 15.7 Å². The predicted molar refractivity (Wildman–Crippen MR) is 81.3 cm³/mol. The molecule has 6 heteroatoms. The molecule has 2 heterocycles. The van der Waals surface area contributed by atoms with Gasteiger partial charge >= 0.3 is 0 Å². The van der Waals surface area contributed by atoms with Crippen LogP contribution in [0.2, 0.25) is 0 Å². The molecule has 1 amide bonds. The van der Waals surface area contributed by atoms with Crippen molar-refractivity contribution in [2.75, 3.05) is 0 Å². The highest BCUT2D eigenvalue weighted by Gasteiger charge is 2.10. The zero-order valence-electron chi connectivity index (χ0n) is 12.1. The van der Waals surface area contributed by atoms with Crippen molar-refractivity contribution < 1.29 is 9.21 Å². The van der Waals surface area contributed by atoms with E-state index in [1.54, 1.807) is 30.5 Å². The molecule has 0 aliphatic carbocycles. The van der Waals surface area contributed by atoms with Gasteiger partial charge < -0.3 is 9.73 Å². The summed E-state index contributed by atoms with van der Waals surface area (Å²) < 4.78 is 6.33. The van der Waals surface area contributed by atoms with Crippen molar-refractivity contribution in [1.29, 1.82) is 0 Å². The SMILES string of the molecule is Cc1nn(CC(=O)NCc2ccco2)c(=O)c2ccccc12. The number of carbonyl (C=O) groups excluding carboxylic acids is 1. The molecule has 0 aliphatic heterocycles. The van der Waals surface area contributed by atoms with Crippen LogP contribution in [0.5, 0.6) is 0 Å². The number of carbonyl (C=O) groups is 1. The summed E-state index contributed by atoms with van der Waals surface area (Å²) in [6.07, 6.45) is 1.54. The summed E-state index contributed by atoms with van der Waals surface area (Å²) in [6.45, 7) is 1.98. The minimum absolute atomic E-state index is 0.120. The molecule has 0 aliphatic rings. The largest absolute Gasteiger partial charge is 0.467 e. The van der Waals surface area contributed by atoms with E-state index < -0.39 is 0 Å². The lowest BCUT2D eigenvalue weighted by Gasteiger charge is -2.08. The summed E-state index contributed by atoms with van der Waals surface area (Å²) in [6, 6.07) is 10.8. The van der Waals surface area contributed by atoms with Crippen LogP contribution in [0.25, 0.3) is 10.8 Å². The van der Waals surface area contributed by atoms with E-state index in [0.29, 0.717) is 16.8 Å². The van der Waals surface area contributed by atoms with Gasteiger partial charge in [-0.05, 0) is 25.1 Å². The molecular weight excluding hydrogens is 282 g/mol. The Kier molecular flexibility index (Phi) is 3.74. The zero-order valence-corrected chi connectivity index (χ0v) is 12.1. The van der Waals surface area contributed by atoms with Gasteiger partial charge in [0.1, 0.15) is 12.3 Å².